The van der Waals surface area contributed by atoms with Gasteiger partial charge in [-0.15, -0.1) is 0 Å². The van der Waals surface area contributed by atoms with E-state index in [1.54, 1.807) is 6.92 Å². The number of rotatable bonds is 4. The van der Waals surface area contributed by atoms with Gasteiger partial charge in [0.05, 0.1) is 16.3 Å². The Morgan fingerprint density at radius 3 is 2.32 bits per heavy atom. The Morgan fingerprint density at radius 2 is 1.72 bits per heavy atom. The molecule has 0 bridgehead atoms. The zero-order chi connectivity index (χ0) is 18.2. The summed E-state index contributed by atoms with van der Waals surface area (Å²) in [5, 5.41) is 0. The highest BCUT2D eigenvalue weighted by Crippen LogP contribution is 2.28. The number of hydrogen-bond donors (Lipinski definition) is 1. The van der Waals surface area contributed by atoms with Gasteiger partial charge in [0, 0.05) is 12.8 Å². The van der Waals surface area contributed by atoms with Crippen molar-refractivity contribution in [2.75, 3.05) is 9.62 Å². The molecule has 130 valence electrons. The zero-order valence-electron chi connectivity index (χ0n) is 13.3. The van der Waals surface area contributed by atoms with Crippen LogP contribution >= 0.6 is 0 Å². The molecule has 0 aliphatic carbocycles. The number of aryl methyl sites for hydroxylation is 1. The Bertz CT molecular complexity index is 956. The van der Waals surface area contributed by atoms with Crippen molar-refractivity contribution in [1.29, 1.82) is 0 Å². The standard InChI is InChI=1S/C17H15FN2O4S/c1-11-9-14(5-6-15(11)20-16(21)7-8-17(20)22)25(23,24)19-13-4-2-3-12(18)10-13/h2-6,9-10,19H,7-8H2,1H3. The van der Waals surface area contributed by atoms with Crippen molar-refractivity contribution in [3.05, 3.63) is 53.8 Å². The summed E-state index contributed by atoms with van der Waals surface area (Å²) in [5.41, 5.74) is 0.953. The normalized spacial score (nSPS) is 14.9. The lowest BCUT2D eigenvalue weighted by molar-refractivity contribution is -0.121. The van der Waals surface area contributed by atoms with Gasteiger partial charge in [-0.2, -0.15) is 0 Å². The molecule has 0 radical (unpaired) electrons. The Hall–Kier alpha value is -2.74. The zero-order valence-corrected chi connectivity index (χ0v) is 14.1. The first-order chi connectivity index (χ1) is 11.8. The van der Waals surface area contributed by atoms with E-state index in [2.05, 4.69) is 4.72 Å². The van der Waals surface area contributed by atoms with Crippen LogP contribution in [0.4, 0.5) is 15.8 Å². The van der Waals surface area contributed by atoms with Gasteiger partial charge < -0.3 is 0 Å². The molecule has 1 saturated heterocycles. The summed E-state index contributed by atoms with van der Waals surface area (Å²) in [7, 11) is -3.92. The molecule has 6 nitrogen and oxygen atoms in total. The van der Waals surface area contributed by atoms with Gasteiger partial charge in [-0.3, -0.25) is 19.2 Å². The maximum atomic E-state index is 13.2. The van der Waals surface area contributed by atoms with E-state index in [0.29, 0.717) is 11.3 Å². The molecule has 3 rings (SSSR count). The van der Waals surface area contributed by atoms with Gasteiger partial charge in [0.1, 0.15) is 5.82 Å². The second-order valence-corrected chi connectivity index (χ2v) is 7.37. The summed E-state index contributed by atoms with van der Waals surface area (Å²) in [6.45, 7) is 1.62. The lowest BCUT2D eigenvalue weighted by atomic mass is 10.2. The van der Waals surface area contributed by atoms with E-state index in [1.807, 2.05) is 0 Å². The molecule has 0 saturated carbocycles. The van der Waals surface area contributed by atoms with E-state index >= 15 is 0 Å². The number of carbonyl (C=O) groups is 2. The minimum Gasteiger partial charge on any atom is -0.280 e. The highest BCUT2D eigenvalue weighted by molar-refractivity contribution is 7.92. The van der Waals surface area contributed by atoms with Gasteiger partial charge in [0.15, 0.2) is 0 Å². The van der Waals surface area contributed by atoms with Crippen molar-refractivity contribution in [1.82, 2.24) is 0 Å². The quantitative estimate of drug-likeness (QED) is 0.848. The largest absolute Gasteiger partial charge is 0.280 e. The number of imide groups is 1. The van der Waals surface area contributed by atoms with E-state index in [1.165, 1.54) is 36.4 Å². The average molecular weight is 362 g/mol. The molecule has 0 spiro atoms. The SMILES string of the molecule is Cc1cc(S(=O)(=O)Nc2cccc(F)c2)ccc1N1C(=O)CCC1=O. The van der Waals surface area contributed by atoms with Crippen LogP contribution in [0.15, 0.2) is 47.4 Å². The van der Waals surface area contributed by atoms with E-state index in [0.717, 1.165) is 11.0 Å². The van der Waals surface area contributed by atoms with Crippen molar-refractivity contribution in [3.8, 4) is 0 Å². The van der Waals surface area contributed by atoms with Crippen LogP contribution < -0.4 is 9.62 Å². The molecule has 2 aromatic carbocycles. The molecule has 0 atom stereocenters. The van der Waals surface area contributed by atoms with Crippen LogP contribution in [0.3, 0.4) is 0 Å². The Kier molecular flexibility index (Phi) is 4.30. The lowest BCUT2D eigenvalue weighted by Gasteiger charge is -2.17. The summed E-state index contributed by atoms with van der Waals surface area (Å²) in [4.78, 5) is 24.7. The molecule has 25 heavy (non-hydrogen) atoms. The molecule has 1 fully saturated rings. The molecule has 0 unspecified atom stereocenters. The summed E-state index contributed by atoms with van der Waals surface area (Å²) in [6.07, 6.45) is 0.304. The summed E-state index contributed by atoms with van der Waals surface area (Å²) < 4.78 is 40.4. The van der Waals surface area contributed by atoms with Crippen LogP contribution in [-0.2, 0) is 19.6 Å². The van der Waals surface area contributed by atoms with Crippen LogP contribution in [0.2, 0.25) is 0 Å². The topological polar surface area (TPSA) is 83.6 Å². The smallest absolute Gasteiger partial charge is 0.261 e. The molecular formula is C17H15FN2O4S. The van der Waals surface area contributed by atoms with Gasteiger partial charge in [0.25, 0.3) is 10.0 Å². The number of amides is 2. The predicted molar refractivity (Wildman–Crippen MR) is 90.1 cm³/mol. The summed E-state index contributed by atoms with van der Waals surface area (Å²) in [5.74, 6) is -1.17. The number of nitrogens with one attached hydrogen (secondary N) is 1. The molecule has 1 heterocycles. The Morgan fingerprint density at radius 1 is 1.04 bits per heavy atom. The van der Waals surface area contributed by atoms with Crippen LogP contribution in [0, 0.1) is 12.7 Å². The molecule has 1 aliphatic rings. The molecule has 8 heteroatoms. The number of carbonyl (C=O) groups excluding carboxylic acids is 2. The first kappa shape index (κ1) is 17.1. The maximum Gasteiger partial charge on any atom is 0.261 e. The first-order valence-electron chi connectivity index (χ1n) is 7.53. The molecule has 0 aromatic heterocycles. The molecule has 2 aromatic rings. The van der Waals surface area contributed by atoms with Crippen molar-refractivity contribution in [3.63, 3.8) is 0 Å². The monoisotopic (exact) mass is 362 g/mol. The average Bonchev–Trinajstić information content (AvgIpc) is 2.86. The van der Waals surface area contributed by atoms with E-state index in [-0.39, 0.29) is 35.2 Å². The van der Waals surface area contributed by atoms with Gasteiger partial charge >= 0.3 is 0 Å². The third-order valence-corrected chi connectivity index (χ3v) is 5.23. The van der Waals surface area contributed by atoms with Gasteiger partial charge in [-0.1, -0.05) is 6.07 Å². The molecule has 1 aliphatic heterocycles. The third kappa shape index (κ3) is 3.39. The number of anilines is 2. The second kappa shape index (κ2) is 6.29. The van der Waals surface area contributed by atoms with E-state index < -0.39 is 15.8 Å². The maximum absolute atomic E-state index is 13.2. The van der Waals surface area contributed by atoms with Gasteiger partial charge in [0.2, 0.25) is 11.8 Å². The fourth-order valence-electron chi connectivity index (χ4n) is 2.66. The fraction of sp³-hybridized carbons (Fsp3) is 0.176. The van der Waals surface area contributed by atoms with Crippen LogP contribution in [-0.4, -0.2) is 20.2 Å². The fourth-order valence-corrected chi connectivity index (χ4v) is 3.79. The van der Waals surface area contributed by atoms with Gasteiger partial charge in [-0.25, -0.2) is 12.8 Å². The first-order valence-corrected chi connectivity index (χ1v) is 9.01. The lowest BCUT2D eigenvalue weighted by Crippen LogP contribution is -2.29. The van der Waals surface area contributed by atoms with Gasteiger partial charge in [-0.05, 0) is 48.9 Å². The molecule has 2 amide bonds. The molecular weight excluding hydrogens is 347 g/mol. The Balaban J connectivity index is 1.92. The molecule has 1 N–H and O–H groups in total. The number of sulfonamides is 1. The van der Waals surface area contributed by atoms with Crippen molar-refractivity contribution >= 4 is 33.2 Å². The van der Waals surface area contributed by atoms with Crippen molar-refractivity contribution in [2.45, 2.75) is 24.7 Å². The number of hydrogen-bond acceptors (Lipinski definition) is 4. The summed E-state index contributed by atoms with van der Waals surface area (Å²) in [6, 6.07) is 9.21. The van der Waals surface area contributed by atoms with Crippen LogP contribution in [0.5, 0.6) is 0 Å². The van der Waals surface area contributed by atoms with Crippen molar-refractivity contribution in [2.24, 2.45) is 0 Å². The number of nitrogens with zero attached hydrogens (tertiary/aromatic N) is 1. The second-order valence-electron chi connectivity index (χ2n) is 5.69. The minimum atomic E-state index is -3.92. The minimum absolute atomic E-state index is 0.0443. The highest BCUT2D eigenvalue weighted by atomic mass is 32.2. The number of halogens is 1. The van der Waals surface area contributed by atoms with E-state index in [4.69, 9.17) is 0 Å². The number of benzene rings is 2. The highest BCUT2D eigenvalue weighted by Gasteiger charge is 2.31. The van der Waals surface area contributed by atoms with Crippen LogP contribution in [0.1, 0.15) is 18.4 Å². The van der Waals surface area contributed by atoms with E-state index in [9.17, 15) is 22.4 Å². The van der Waals surface area contributed by atoms with Crippen molar-refractivity contribution < 1.29 is 22.4 Å². The Labute approximate surface area is 144 Å². The third-order valence-electron chi connectivity index (χ3n) is 3.85. The predicted octanol–water partition coefficient (Wildman–Crippen LogP) is 2.59. The van der Waals surface area contributed by atoms with Crippen LogP contribution in [0.25, 0.3) is 0 Å². The summed E-state index contributed by atoms with van der Waals surface area (Å²) >= 11 is 0.